The Morgan fingerprint density at radius 1 is 1.09 bits per heavy atom. The van der Waals surface area contributed by atoms with Gasteiger partial charge in [0.25, 0.3) is 0 Å². The molecule has 1 rings (SSSR count). The normalized spacial score (nSPS) is 37.9. The van der Waals surface area contributed by atoms with Crippen LogP contribution in [0.25, 0.3) is 0 Å². The zero-order valence-corrected chi connectivity index (χ0v) is 7.67. The van der Waals surface area contributed by atoms with Crippen LogP contribution in [-0.4, -0.2) is 26.4 Å². The number of methoxy groups -OCH3 is 2. The lowest BCUT2D eigenvalue weighted by molar-refractivity contribution is -0.0157. The summed E-state index contributed by atoms with van der Waals surface area (Å²) in [6.07, 6.45) is 4.27. The van der Waals surface area contributed by atoms with Crippen molar-refractivity contribution in [2.24, 2.45) is 5.92 Å². The van der Waals surface area contributed by atoms with Crippen molar-refractivity contribution < 1.29 is 9.47 Å². The molecule has 0 amide bonds. The molecule has 0 N–H and O–H groups in total. The average molecular weight is 158 g/mol. The van der Waals surface area contributed by atoms with Gasteiger partial charge < -0.3 is 9.47 Å². The molecule has 0 heterocycles. The maximum absolute atomic E-state index is 5.32. The van der Waals surface area contributed by atoms with Gasteiger partial charge in [0, 0.05) is 14.2 Å². The summed E-state index contributed by atoms with van der Waals surface area (Å²) in [4.78, 5) is 0. The molecule has 66 valence electrons. The van der Waals surface area contributed by atoms with Crippen molar-refractivity contribution in [2.75, 3.05) is 14.2 Å². The molecule has 0 unspecified atom stereocenters. The molecule has 0 spiro atoms. The van der Waals surface area contributed by atoms with Crippen molar-refractivity contribution in [1.29, 1.82) is 0 Å². The summed E-state index contributed by atoms with van der Waals surface area (Å²) in [7, 11) is 3.55. The first-order chi connectivity index (χ1) is 5.31. The minimum absolute atomic E-state index is 0.338. The van der Waals surface area contributed by atoms with Crippen molar-refractivity contribution in [3.8, 4) is 0 Å². The van der Waals surface area contributed by atoms with E-state index in [1.807, 2.05) is 0 Å². The van der Waals surface area contributed by atoms with E-state index in [-0.39, 0.29) is 0 Å². The van der Waals surface area contributed by atoms with Crippen LogP contribution < -0.4 is 0 Å². The Morgan fingerprint density at radius 2 is 1.55 bits per heavy atom. The van der Waals surface area contributed by atoms with Crippen LogP contribution in [0, 0.1) is 5.92 Å². The van der Waals surface area contributed by atoms with Gasteiger partial charge in [0.05, 0.1) is 12.2 Å². The van der Waals surface area contributed by atoms with E-state index in [1.165, 1.54) is 19.3 Å². The lowest BCUT2D eigenvalue weighted by Gasteiger charge is -2.15. The van der Waals surface area contributed by atoms with Gasteiger partial charge in [-0.15, -0.1) is 0 Å². The smallest absolute Gasteiger partial charge is 0.0835 e. The number of hydrogen-bond donors (Lipinski definition) is 0. The fourth-order valence-corrected chi connectivity index (χ4v) is 1.89. The lowest BCUT2D eigenvalue weighted by Crippen LogP contribution is -2.23. The molecule has 3 atom stereocenters. The Morgan fingerprint density at radius 3 is 1.82 bits per heavy atom. The lowest BCUT2D eigenvalue weighted by atomic mass is 10.1. The minimum Gasteiger partial charge on any atom is -0.379 e. The van der Waals surface area contributed by atoms with E-state index in [4.69, 9.17) is 9.47 Å². The van der Waals surface area contributed by atoms with Gasteiger partial charge in [0.2, 0.25) is 0 Å². The first-order valence-electron chi connectivity index (χ1n) is 4.37. The maximum Gasteiger partial charge on any atom is 0.0835 e. The Bertz CT molecular complexity index is 102. The van der Waals surface area contributed by atoms with Gasteiger partial charge >= 0.3 is 0 Å². The molecular formula is C9H18O2. The Balaban J connectivity index is 2.41. The van der Waals surface area contributed by atoms with Crippen LogP contribution in [0.3, 0.4) is 0 Å². The second-order valence-electron chi connectivity index (χ2n) is 3.29. The van der Waals surface area contributed by atoms with Crippen LogP contribution in [0.5, 0.6) is 0 Å². The molecular weight excluding hydrogens is 140 g/mol. The van der Waals surface area contributed by atoms with Gasteiger partial charge in [-0.2, -0.15) is 0 Å². The zero-order chi connectivity index (χ0) is 8.27. The highest BCUT2D eigenvalue weighted by Gasteiger charge is 2.33. The molecule has 1 aliphatic carbocycles. The Labute approximate surface area is 68.9 Å². The highest BCUT2D eigenvalue weighted by Crippen LogP contribution is 2.31. The van der Waals surface area contributed by atoms with Crippen molar-refractivity contribution in [3.05, 3.63) is 0 Å². The zero-order valence-electron chi connectivity index (χ0n) is 7.67. The van der Waals surface area contributed by atoms with E-state index in [0.29, 0.717) is 12.2 Å². The second-order valence-corrected chi connectivity index (χ2v) is 3.29. The number of ether oxygens (including phenoxy) is 2. The van der Waals surface area contributed by atoms with Crippen molar-refractivity contribution >= 4 is 0 Å². The quantitative estimate of drug-likeness (QED) is 0.624. The highest BCUT2D eigenvalue weighted by molar-refractivity contribution is 4.84. The molecule has 0 aromatic carbocycles. The van der Waals surface area contributed by atoms with Crippen LogP contribution in [-0.2, 0) is 9.47 Å². The molecule has 0 aliphatic heterocycles. The van der Waals surface area contributed by atoms with Gasteiger partial charge in [-0.1, -0.05) is 13.3 Å². The van der Waals surface area contributed by atoms with Gasteiger partial charge in [-0.3, -0.25) is 0 Å². The molecule has 0 aromatic rings. The largest absolute Gasteiger partial charge is 0.379 e. The molecule has 1 fully saturated rings. The van der Waals surface area contributed by atoms with Crippen molar-refractivity contribution in [3.63, 3.8) is 0 Å². The maximum atomic E-state index is 5.32. The van der Waals surface area contributed by atoms with Gasteiger partial charge in [-0.25, -0.2) is 0 Å². The molecule has 11 heavy (non-hydrogen) atoms. The van der Waals surface area contributed by atoms with E-state index in [0.717, 1.165) is 5.92 Å². The summed E-state index contributed by atoms with van der Waals surface area (Å²) < 4.78 is 10.6. The first kappa shape index (κ1) is 9.01. The van der Waals surface area contributed by atoms with Crippen LogP contribution in [0.15, 0.2) is 0 Å². The van der Waals surface area contributed by atoms with E-state index >= 15 is 0 Å². The van der Waals surface area contributed by atoms with E-state index in [1.54, 1.807) is 14.2 Å². The van der Waals surface area contributed by atoms with Crippen LogP contribution in [0.2, 0.25) is 0 Å². The van der Waals surface area contributed by atoms with E-state index in [2.05, 4.69) is 6.92 Å². The summed E-state index contributed by atoms with van der Waals surface area (Å²) in [5.74, 6) is 0.810. The third kappa shape index (κ3) is 1.94. The monoisotopic (exact) mass is 158 g/mol. The summed E-state index contributed by atoms with van der Waals surface area (Å²) in [5, 5.41) is 0. The SMILES string of the molecule is CC[C@H]1C[C@H](OC)[C@H](OC)C1. The summed E-state index contributed by atoms with van der Waals surface area (Å²) in [6.45, 7) is 2.23. The second kappa shape index (κ2) is 4.07. The molecule has 1 aliphatic rings. The van der Waals surface area contributed by atoms with Crippen LogP contribution >= 0.6 is 0 Å². The third-order valence-electron chi connectivity index (χ3n) is 2.73. The fraction of sp³-hybridized carbons (Fsp3) is 1.00. The standard InChI is InChI=1S/C9H18O2/c1-4-7-5-8(10-2)9(6-7)11-3/h7-9H,4-6H2,1-3H3/t7-,8-,9+. The molecule has 1 saturated carbocycles. The molecule has 0 saturated heterocycles. The average Bonchev–Trinajstić information content (AvgIpc) is 2.46. The molecule has 0 aromatic heterocycles. The molecule has 0 bridgehead atoms. The van der Waals surface area contributed by atoms with Gasteiger partial charge in [0.1, 0.15) is 0 Å². The predicted octanol–water partition coefficient (Wildman–Crippen LogP) is 1.84. The highest BCUT2D eigenvalue weighted by atomic mass is 16.5. The summed E-state index contributed by atoms with van der Waals surface area (Å²) >= 11 is 0. The third-order valence-corrected chi connectivity index (χ3v) is 2.73. The van der Waals surface area contributed by atoms with Crippen LogP contribution in [0.4, 0.5) is 0 Å². The summed E-state index contributed by atoms with van der Waals surface area (Å²) in [5.41, 5.74) is 0. The van der Waals surface area contributed by atoms with Crippen LogP contribution in [0.1, 0.15) is 26.2 Å². The predicted molar refractivity (Wildman–Crippen MR) is 44.6 cm³/mol. The molecule has 2 heteroatoms. The van der Waals surface area contributed by atoms with Crippen molar-refractivity contribution in [2.45, 2.75) is 38.4 Å². The molecule has 2 nitrogen and oxygen atoms in total. The van der Waals surface area contributed by atoms with Crippen molar-refractivity contribution in [1.82, 2.24) is 0 Å². The Kier molecular flexibility index (Phi) is 3.34. The first-order valence-corrected chi connectivity index (χ1v) is 4.37. The van der Waals surface area contributed by atoms with Gasteiger partial charge in [-0.05, 0) is 18.8 Å². The Hall–Kier alpha value is -0.0800. The minimum atomic E-state index is 0.338. The van der Waals surface area contributed by atoms with E-state index < -0.39 is 0 Å². The summed E-state index contributed by atoms with van der Waals surface area (Å²) in [6, 6.07) is 0. The molecule has 0 radical (unpaired) electrons. The topological polar surface area (TPSA) is 18.5 Å². The number of rotatable bonds is 3. The fourth-order valence-electron chi connectivity index (χ4n) is 1.89. The number of hydrogen-bond acceptors (Lipinski definition) is 2. The van der Waals surface area contributed by atoms with E-state index in [9.17, 15) is 0 Å². The van der Waals surface area contributed by atoms with Gasteiger partial charge in [0.15, 0.2) is 0 Å².